The third-order valence-corrected chi connectivity index (χ3v) is 3.73. The molecule has 1 amide bonds. The second-order valence-electron chi connectivity index (χ2n) is 5.26. The van der Waals surface area contributed by atoms with Gasteiger partial charge in [0, 0.05) is 29.8 Å². The first kappa shape index (κ1) is 17.9. The number of hydrogen-bond acceptors (Lipinski definition) is 4. The number of pyridine rings is 1. The summed E-state index contributed by atoms with van der Waals surface area (Å²) in [6, 6.07) is 2.32. The van der Waals surface area contributed by atoms with Gasteiger partial charge in [0.2, 0.25) is 0 Å². The van der Waals surface area contributed by atoms with E-state index in [0.29, 0.717) is 24.0 Å². The zero-order valence-electron chi connectivity index (χ0n) is 13.2. The van der Waals surface area contributed by atoms with Crippen LogP contribution in [0.3, 0.4) is 0 Å². The monoisotopic (exact) mass is 356 g/mol. The first-order valence-electron chi connectivity index (χ1n) is 7.33. The van der Waals surface area contributed by atoms with Crippen LogP contribution < -0.4 is 10.6 Å². The van der Waals surface area contributed by atoms with Gasteiger partial charge in [-0.3, -0.25) is 4.79 Å². The molecule has 0 spiro atoms. The quantitative estimate of drug-likeness (QED) is 0.703. The number of aromatic nitrogens is 1. The van der Waals surface area contributed by atoms with Crippen LogP contribution in [0.25, 0.3) is 0 Å². The molecule has 1 rings (SSSR count). The molecule has 0 saturated carbocycles. The smallest absolute Gasteiger partial charge is 0.255 e. The van der Waals surface area contributed by atoms with Crippen LogP contribution in [0.4, 0.5) is 5.82 Å². The first-order valence-corrected chi connectivity index (χ1v) is 8.12. The maximum absolute atomic E-state index is 12.2. The van der Waals surface area contributed by atoms with E-state index in [1.165, 1.54) is 0 Å². The molecular formula is C15H25BrN4O. The van der Waals surface area contributed by atoms with Crippen molar-refractivity contribution in [1.29, 1.82) is 0 Å². The van der Waals surface area contributed by atoms with Crippen molar-refractivity contribution in [2.45, 2.75) is 33.2 Å². The topological polar surface area (TPSA) is 57.3 Å². The lowest BCUT2D eigenvalue weighted by Crippen LogP contribution is -2.31. The molecule has 118 valence electrons. The molecule has 0 saturated heterocycles. The molecule has 0 unspecified atom stereocenters. The van der Waals surface area contributed by atoms with Gasteiger partial charge in [-0.2, -0.15) is 0 Å². The summed E-state index contributed by atoms with van der Waals surface area (Å²) >= 11 is 3.36. The number of halogens is 1. The molecule has 5 nitrogen and oxygen atoms in total. The van der Waals surface area contributed by atoms with E-state index in [9.17, 15) is 4.79 Å². The highest BCUT2D eigenvalue weighted by atomic mass is 79.9. The minimum Gasteiger partial charge on any atom is -0.370 e. The highest BCUT2D eigenvalue weighted by Gasteiger charge is 2.12. The fraction of sp³-hybridized carbons (Fsp3) is 0.600. The summed E-state index contributed by atoms with van der Waals surface area (Å²) in [5, 5.41) is 6.06. The summed E-state index contributed by atoms with van der Waals surface area (Å²) in [5.41, 5.74) is 0.573. The number of carbonyl (C=O) groups is 1. The van der Waals surface area contributed by atoms with Crippen molar-refractivity contribution in [1.82, 2.24) is 15.2 Å². The Morgan fingerprint density at radius 1 is 1.48 bits per heavy atom. The number of carbonyl (C=O) groups excluding carboxylic acids is 1. The van der Waals surface area contributed by atoms with E-state index in [4.69, 9.17) is 0 Å². The fourth-order valence-corrected chi connectivity index (χ4v) is 2.14. The highest BCUT2D eigenvalue weighted by Crippen LogP contribution is 2.17. The number of amides is 1. The largest absolute Gasteiger partial charge is 0.370 e. The Hall–Kier alpha value is -1.14. The molecule has 1 aromatic rings. The zero-order valence-corrected chi connectivity index (χ0v) is 14.8. The minimum atomic E-state index is -0.0908. The molecular weight excluding hydrogens is 332 g/mol. The van der Waals surface area contributed by atoms with Crippen LogP contribution in [-0.4, -0.2) is 48.5 Å². The molecule has 0 aliphatic rings. The van der Waals surface area contributed by atoms with Gasteiger partial charge in [-0.25, -0.2) is 4.98 Å². The number of rotatable bonds is 8. The van der Waals surface area contributed by atoms with Crippen LogP contribution in [0.15, 0.2) is 16.7 Å². The van der Waals surface area contributed by atoms with Crippen LogP contribution >= 0.6 is 15.9 Å². The third kappa shape index (κ3) is 6.01. The van der Waals surface area contributed by atoms with E-state index >= 15 is 0 Å². The van der Waals surface area contributed by atoms with E-state index in [0.717, 1.165) is 24.0 Å². The lowest BCUT2D eigenvalue weighted by Gasteiger charge is -2.20. The first-order chi connectivity index (χ1) is 9.95. The fourth-order valence-electron chi connectivity index (χ4n) is 1.80. The Morgan fingerprint density at radius 3 is 2.81 bits per heavy atom. The molecule has 0 fully saturated rings. The third-order valence-electron chi connectivity index (χ3n) is 3.30. The summed E-state index contributed by atoms with van der Waals surface area (Å²) in [5.74, 6) is 0.532. The minimum absolute atomic E-state index is 0.0908. The molecule has 0 radical (unpaired) electrons. The predicted molar refractivity (Wildman–Crippen MR) is 90.8 cm³/mol. The van der Waals surface area contributed by atoms with Crippen LogP contribution in [0.1, 0.15) is 37.6 Å². The van der Waals surface area contributed by atoms with Gasteiger partial charge >= 0.3 is 0 Å². The van der Waals surface area contributed by atoms with Gasteiger partial charge in [-0.05, 0) is 62.8 Å². The second kappa shape index (κ2) is 9.00. The van der Waals surface area contributed by atoms with E-state index in [1.807, 2.05) is 6.92 Å². The lowest BCUT2D eigenvalue weighted by molar-refractivity contribution is 0.0952. The maximum Gasteiger partial charge on any atom is 0.255 e. The Bertz CT molecular complexity index is 465. The second-order valence-corrected chi connectivity index (χ2v) is 6.18. The van der Waals surface area contributed by atoms with Crippen molar-refractivity contribution in [3.63, 3.8) is 0 Å². The number of nitrogens with zero attached hydrogens (tertiary/aromatic N) is 2. The molecule has 0 aliphatic carbocycles. The summed E-state index contributed by atoms with van der Waals surface area (Å²) in [6.45, 7) is 8.66. The molecule has 0 aromatic carbocycles. The molecule has 0 bridgehead atoms. The normalized spacial score (nSPS) is 11.0. The van der Waals surface area contributed by atoms with Gasteiger partial charge in [-0.1, -0.05) is 0 Å². The van der Waals surface area contributed by atoms with E-state index in [2.05, 4.69) is 57.3 Å². The number of nitrogens with one attached hydrogen (secondary N) is 2. The Labute approximate surface area is 135 Å². The van der Waals surface area contributed by atoms with Gasteiger partial charge in [0.1, 0.15) is 5.82 Å². The zero-order chi connectivity index (χ0) is 15.8. The SMILES string of the molecule is CCNc1ncc(Br)cc1C(=O)NCCCN(C)C(C)C. The summed E-state index contributed by atoms with van der Waals surface area (Å²) in [6.07, 6.45) is 2.62. The standard InChI is InChI=1S/C15H25BrN4O/c1-5-17-14-13(9-12(16)10-19-14)15(21)18-7-6-8-20(4)11(2)3/h9-11H,5-8H2,1-4H3,(H,17,19)(H,18,21). The average Bonchev–Trinajstić information content (AvgIpc) is 2.45. The summed E-state index contributed by atoms with van der Waals surface area (Å²) in [7, 11) is 2.09. The van der Waals surface area contributed by atoms with Crippen LogP contribution in [0.2, 0.25) is 0 Å². The number of hydrogen-bond donors (Lipinski definition) is 2. The van der Waals surface area contributed by atoms with Gasteiger partial charge < -0.3 is 15.5 Å². The van der Waals surface area contributed by atoms with Crippen molar-refractivity contribution in [2.24, 2.45) is 0 Å². The molecule has 1 aromatic heterocycles. The number of anilines is 1. The lowest BCUT2D eigenvalue weighted by atomic mass is 10.2. The van der Waals surface area contributed by atoms with Crippen molar-refractivity contribution in [2.75, 3.05) is 32.0 Å². The summed E-state index contributed by atoms with van der Waals surface area (Å²) < 4.78 is 0.800. The molecule has 6 heteroatoms. The Morgan fingerprint density at radius 2 is 2.19 bits per heavy atom. The summed E-state index contributed by atoms with van der Waals surface area (Å²) in [4.78, 5) is 18.7. The van der Waals surface area contributed by atoms with Gasteiger partial charge in [0.15, 0.2) is 0 Å². The van der Waals surface area contributed by atoms with Crippen LogP contribution in [0, 0.1) is 0 Å². The van der Waals surface area contributed by atoms with E-state index < -0.39 is 0 Å². The van der Waals surface area contributed by atoms with Crippen molar-refractivity contribution in [3.8, 4) is 0 Å². The molecule has 0 atom stereocenters. The van der Waals surface area contributed by atoms with Crippen LogP contribution in [0.5, 0.6) is 0 Å². The van der Waals surface area contributed by atoms with Crippen molar-refractivity contribution in [3.05, 3.63) is 22.3 Å². The maximum atomic E-state index is 12.2. The van der Waals surface area contributed by atoms with Crippen molar-refractivity contribution >= 4 is 27.7 Å². The molecule has 21 heavy (non-hydrogen) atoms. The molecule has 0 aliphatic heterocycles. The van der Waals surface area contributed by atoms with E-state index in [1.54, 1.807) is 12.3 Å². The van der Waals surface area contributed by atoms with Gasteiger partial charge in [0.05, 0.1) is 5.56 Å². The average molecular weight is 357 g/mol. The van der Waals surface area contributed by atoms with Crippen LogP contribution in [-0.2, 0) is 0 Å². The van der Waals surface area contributed by atoms with Gasteiger partial charge in [0.25, 0.3) is 5.91 Å². The predicted octanol–water partition coefficient (Wildman–Crippen LogP) is 2.74. The highest BCUT2D eigenvalue weighted by molar-refractivity contribution is 9.10. The Balaban J connectivity index is 2.53. The molecule has 2 N–H and O–H groups in total. The Kier molecular flexibility index (Phi) is 7.67. The van der Waals surface area contributed by atoms with E-state index in [-0.39, 0.29) is 5.91 Å². The van der Waals surface area contributed by atoms with Gasteiger partial charge in [-0.15, -0.1) is 0 Å². The molecule has 1 heterocycles. The van der Waals surface area contributed by atoms with Crippen molar-refractivity contribution < 1.29 is 4.79 Å².